The molecule has 25 heavy (non-hydrogen) atoms. The van der Waals surface area contributed by atoms with Gasteiger partial charge in [0.25, 0.3) is 5.89 Å². The van der Waals surface area contributed by atoms with E-state index in [2.05, 4.69) is 20.4 Å². The Morgan fingerprint density at radius 2 is 2.12 bits per heavy atom. The van der Waals surface area contributed by atoms with E-state index in [-0.39, 0.29) is 18.1 Å². The van der Waals surface area contributed by atoms with Crippen LogP contribution < -0.4 is 5.32 Å². The van der Waals surface area contributed by atoms with Gasteiger partial charge in [-0.05, 0) is 37.3 Å². The zero-order chi connectivity index (χ0) is 17.8. The largest absolute Gasteiger partial charge is 0.452 e. The van der Waals surface area contributed by atoms with Gasteiger partial charge in [0.05, 0.1) is 10.0 Å². The maximum absolute atomic E-state index is 12.3. The minimum absolute atomic E-state index is 0.124. The highest BCUT2D eigenvalue weighted by molar-refractivity contribution is 6.42. The SMILES string of the molecule is Cc1noc(COC(=O)c2cccnc2Nc2ccc(Cl)c(Cl)c2)n1. The number of anilines is 2. The number of rotatable bonds is 5. The molecule has 2 heterocycles. The summed E-state index contributed by atoms with van der Waals surface area (Å²) >= 11 is 11.9. The minimum Gasteiger partial charge on any atom is -0.452 e. The fourth-order valence-electron chi connectivity index (χ4n) is 1.98. The number of carbonyl (C=O) groups is 1. The molecule has 0 aliphatic carbocycles. The third kappa shape index (κ3) is 4.26. The van der Waals surface area contributed by atoms with Crippen molar-refractivity contribution in [3.05, 3.63) is 63.9 Å². The number of hydrogen-bond donors (Lipinski definition) is 1. The number of esters is 1. The van der Waals surface area contributed by atoms with E-state index in [1.807, 2.05) is 0 Å². The molecule has 0 spiro atoms. The topological polar surface area (TPSA) is 90.1 Å². The van der Waals surface area contributed by atoms with Crippen LogP contribution in [0.15, 0.2) is 41.1 Å². The maximum Gasteiger partial charge on any atom is 0.342 e. The molecule has 0 radical (unpaired) electrons. The van der Waals surface area contributed by atoms with Crippen molar-refractivity contribution in [2.24, 2.45) is 0 Å². The summed E-state index contributed by atoms with van der Waals surface area (Å²) in [5.41, 5.74) is 0.888. The molecule has 0 saturated heterocycles. The molecule has 0 bridgehead atoms. The van der Waals surface area contributed by atoms with E-state index in [0.717, 1.165) is 0 Å². The lowest BCUT2D eigenvalue weighted by atomic mass is 10.2. The van der Waals surface area contributed by atoms with Crippen LogP contribution in [0.3, 0.4) is 0 Å². The molecule has 0 fully saturated rings. The summed E-state index contributed by atoms with van der Waals surface area (Å²) in [4.78, 5) is 20.5. The predicted molar refractivity (Wildman–Crippen MR) is 92.1 cm³/mol. The van der Waals surface area contributed by atoms with Gasteiger partial charge in [-0.15, -0.1) is 0 Å². The van der Waals surface area contributed by atoms with Crippen LogP contribution in [0.5, 0.6) is 0 Å². The van der Waals surface area contributed by atoms with Crippen LogP contribution in [0.2, 0.25) is 10.0 Å². The number of ether oxygens (including phenoxy) is 1. The van der Waals surface area contributed by atoms with Crippen LogP contribution in [0, 0.1) is 6.92 Å². The van der Waals surface area contributed by atoms with Crippen LogP contribution in [0.1, 0.15) is 22.1 Å². The maximum atomic E-state index is 12.3. The van der Waals surface area contributed by atoms with E-state index >= 15 is 0 Å². The zero-order valence-corrected chi connectivity index (χ0v) is 14.5. The highest BCUT2D eigenvalue weighted by atomic mass is 35.5. The molecular formula is C16H12Cl2N4O3. The zero-order valence-electron chi connectivity index (χ0n) is 13.0. The number of halogens is 2. The number of benzene rings is 1. The smallest absolute Gasteiger partial charge is 0.342 e. The summed E-state index contributed by atoms with van der Waals surface area (Å²) in [5.74, 6) is 0.433. The Morgan fingerprint density at radius 1 is 1.28 bits per heavy atom. The minimum atomic E-state index is -0.577. The van der Waals surface area contributed by atoms with Crippen LogP contribution in [-0.4, -0.2) is 21.1 Å². The quantitative estimate of drug-likeness (QED) is 0.665. The molecule has 3 aromatic rings. The van der Waals surface area contributed by atoms with Gasteiger partial charge in [0.2, 0.25) is 0 Å². The molecule has 2 aromatic heterocycles. The van der Waals surface area contributed by atoms with Gasteiger partial charge in [0.15, 0.2) is 12.4 Å². The van der Waals surface area contributed by atoms with Crippen molar-refractivity contribution in [1.82, 2.24) is 15.1 Å². The summed E-state index contributed by atoms with van der Waals surface area (Å²) in [7, 11) is 0. The number of nitrogens with one attached hydrogen (secondary N) is 1. The lowest BCUT2D eigenvalue weighted by Crippen LogP contribution is -2.09. The molecule has 7 nitrogen and oxygen atoms in total. The lowest BCUT2D eigenvalue weighted by molar-refractivity contribution is 0.0430. The first-order chi connectivity index (χ1) is 12.0. The molecule has 3 rings (SSSR count). The third-order valence-corrected chi connectivity index (χ3v) is 3.85. The Morgan fingerprint density at radius 3 is 2.84 bits per heavy atom. The Bertz CT molecular complexity index is 914. The summed E-state index contributed by atoms with van der Waals surface area (Å²) in [5, 5.41) is 7.47. The van der Waals surface area contributed by atoms with Gasteiger partial charge in [-0.2, -0.15) is 4.98 Å². The predicted octanol–water partition coefficient (Wildman–Crippen LogP) is 4.18. The molecule has 0 unspecified atom stereocenters. The second-order valence-corrected chi connectivity index (χ2v) is 5.78. The molecular weight excluding hydrogens is 367 g/mol. The standard InChI is InChI=1S/C16H12Cl2N4O3/c1-9-20-14(25-22-9)8-24-16(23)11-3-2-6-19-15(11)21-10-4-5-12(17)13(18)7-10/h2-7H,8H2,1H3,(H,19,21). The molecule has 1 aromatic carbocycles. The Balaban J connectivity index is 1.75. The lowest BCUT2D eigenvalue weighted by Gasteiger charge is -2.10. The molecule has 0 atom stereocenters. The van der Waals surface area contributed by atoms with Crippen molar-refractivity contribution in [3.8, 4) is 0 Å². The van der Waals surface area contributed by atoms with Crippen LogP contribution in [0.25, 0.3) is 0 Å². The molecule has 0 aliphatic heterocycles. The fraction of sp³-hybridized carbons (Fsp3) is 0.125. The first-order valence-electron chi connectivity index (χ1n) is 7.16. The average molecular weight is 379 g/mol. The van der Waals surface area contributed by atoms with Gasteiger partial charge in [-0.25, -0.2) is 9.78 Å². The number of nitrogens with zero attached hydrogens (tertiary/aromatic N) is 3. The van der Waals surface area contributed by atoms with E-state index in [0.29, 0.717) is 27.4 Å². The van der Waals surface area contributed by atoms with E-state index < -0.39 is 5.97 Å². The van der Waals surface area contributed by atoms with Crippen LogP contribution in [-0.2, 0) is 11.3 Å². The van der Waals surface area contributed by atoms with Gasteiger partial charge >= 0.3 is 5.97 Å². The van der Waals surface area contributed by atoms with Gasteiger partial charge < -0.3 is 14.6 Å². The van der Waals surface area contributed by atoms with Gasteiger partial charge in [0.1, 0.15) is 11.4 Å². The van der Waals surface area contributed by atoms with Crippen molar-refractivity contribution in [2.75, 3.05) is 5.32 Å². The highest BCUT2D eigenvalue weighted by Gasteiger charge is 2.16. The summed E-state index contributed by atoms with van der Waals surface area (Å²) in [6.07, 6.45) is 1.55. The van der Waals surface area contributed by atoms with Gasteiger partial charge in [-0.3, -0.25) is 0 Å². The molecule has 0 saturated carbocycles. The second-order valence-electron chi connectivity index (χ2n) is 4.96. The second kappa shape index (κ2) is 7.50. The highest BCUT2D eigenvalue weighted by Crippen LogP contribution is 2.27. The fourth-order valence-corrected chi connectivity index (χ4v) is 2.28. The van der Waals surface area contributed by atoms with Crippen LogP contribution in [0.4, 0.5) is 11.5 Å². The van der Waals surface area contributed by atoms with Crippen molar-refractivity contribution in [3.63, 3.8) is 0 Å². The van der Waals surface area contributed by atoms with Gasteiger partial charge in [-0.1, -0.05) is 28.4 Å². The summed E-state index contributed by atoms with van der Waals surface area (Å²) < 4.78 is 10.1. The van der Waals surface area contributed by atoms with E-state index in [1.54, 1.807) is 43.5 Å². The van der Waals surface area contributed by atoms with Gasteiger partial charge in [0, 0.05) is 11.9 Å². The number of pyridine rings is 1. The van der Waals surface area contributed by atoms with E-state index in [9.17, 15) is 4.79 Å². The molecule has 1 N–H and O–H groups in total. The molecule has 0 amide bonds. The molecule has 0 aliphatic rings. The average Bonchev–Trinajstić information content (AvgIpc) is 3.02. The Labute approximate surface area is 152 Å². The number of carbonyl (C=O) groups excluding carboxylic acids is 1. The summed E-state index contributed by atoms with van der Waals surface area (Å²) in [6.45, 7) is 1.55. The third-order valence-electron chi connectivity index (χ3n) is 3.11. The number of aromatic nitrogens is 3. The van der Waals surface area contributed by atoms with Crippen molar-refractivity contribution in [2.45, 2.75) is 13.5 Å². The summed E-state index contributed by atoms with van der Waals surface area (Å²) in [6, 6.07) is 8.22. The normalized spacial score (nSPS) is 10.5. The number of aryl methyl sites for hydroxylation is 1. The Hall–Kier alpha value is -2.64. The van der Waals surface area contributed by atoms with Crippen molar-refractivity contribution in [1.29, 1.82) is 0 Å². The van der Waals surface area contributed by atoms with Crippen molar-refractivity contribution < 1.29 is 14.1 Å². The van der Waals surface area contributed by atoms with Crippen molar-refractivity contribution >= 4 is 40.7 Å². The first-order valence-corrected chi connectivity index (χ1v) is 7.92. The Kier molecular flexibility index (Phi) is 5.16. The first kappa shape index (κ1) is 17.2. The van der Waals surface area contributed by atoms with Crippen LogP contribution >= 0.6 is 23.2 Å². The number of hydrogen-bond acceptors (Lipinski definition) is 7. The molecule has 9 heteroatoms. The van der Waals surface area contributed by atoms with E-state index in [1.165, 1.54) is 0 Å². The van der Waals surface area contributed by atoms with E-state index in [4.69, 9.17) is 32.5 Å². The molecule has 128 valence electrons. The monoisotopic (exact) mass is 378 g/mol.